The molecule has 0 bridgehead atoms. The summed E-state index contributed by atoms with van der Waals surface area (Å²) in [5.74, 6) is -0.169. The molecule has 2 aromatic rings. The van der Waals surface area contributed by atoms with Crippen LogP contribution >= 0.6 is 0 Å². The molecule has 1 amide bonds. The highest BCUT2D eigenvalue weighted by molar-refractivity contribution is 7.92. The zero-order chi connectivity index (χ0) is 20.2. The summed E-state index contributed by atoms with van der Waals surface area (Å²) in [7, 11) is -4.05. The number of hydrogen-bond acceptors (Lipinski definition) is 3. The number of alkyl halides is 3. The van der Waals surface area contributed by atoms with Crippen LogP contribution in [0.3, 0.4) is 0 Å². The number of sulfonamides is 1. The molecule has 0 saturated heterocycles. The SMILES string of the molecule is CCN(CC)C(=O)c1ccc(NS(=O)(=O)c2ccc(C(F)(F)F)cc2)cc1. The minimum absolute atomic E-state index is 0.169. The lowest BCUT2D eigenvalue weighted by atomic mass is 10.2. The fraction of sp³-hybridized carbons (Fsp3) is 0.278. The van der Waals surface area contributed by atoms with Gasteiger partial charge in [0, 0.05) is 24.3 Å². The van der Waals surface area contributed by atoms with Crippen LogP contribution in [0.25, 0.3) is 0 Å². The number of nitrogens with zero attached hydrogens (tertiary/aromatic N) is 1. The van der Waals surface area contributed by atoms with Gasteiger partial charge in [-0.05, 0) is 62.4 Å². The van der Waals surface area contributed by atoms with E-state index >= 15 is 0 Å². The average molecular weight is 400 g/mol. The van der Waals surface area contributed by atoms with E-state index in [1.165, 1.54) is 24.3 Å². The molecule has 5 nitrogen and oxygen atoms in total. The number of carbonyl (C=O) groups excluding carboxylic acids is 1. The standard InChI is InChI=1S/C18H19F3N2O3S/c1-3-23(4-2)17(24)13-5-9-15(10-6-13)22-27(25,26)16-11-7-14(8-12-16)18(19,20)21/h5-12,22H,3-4H2,1-2H3. The highest BCUT2D eigenvalue weighted by atomic mass is 32.2. The summed E-state index contributed by atoms with van der Waals surface area (Å²) in [6.45, 7) is 4.82. The van der Waals surface area contributed by atoms with Crippen LogP contribution in [0.4, 0.5) is 18.9 Å². The highest BCUT2D eigenvalue weighted by Crippen LogP contribution is 2.30. The molecule has 0 aliphatic heterocycles. The fourth-order valence-electron chi connectivity index (χ4n) is 2.41. The highest BCUT2D eigenvalue weighted by Gasteiger charge is 2.30. The largest absolute Gasteiger partial charge is 0.416 e. The van der Waals surface area contributed by atoms with Gasteiger partial charge in [0.05, 0.1) is 10.5 Å². The Balaban J connectivity index is 2.17. The second-order valence-corrected chi connectivity index (χ2v) is 7.36. The van der Waals surface area contributed by atoms with E-state index in [0.29, 0.717) is 30.8 Å². The predicted octanol–water partition coefficient (Wildman–Crippen LogP) is 3.99. The second kappa shape index (κ2) is 7.99. The summed E-state index contributed by atoms with van der Waals surface area (Å²) in [4.78, 5) is 13.6. The molecule has 0 saturated carbocycles. The third kappa shape index (κ3) is 5.00. The van der Waals surface area contributed by atoms with Gasteiger partial charge in [-0.15, -0.1) is 0 Å². The molecule has 0 fully saturated rings. The Morgan fingerprint density at radius 1 is 0.963 bits per heavy atom. The van der Waals surface area contributed by atoms with Crippen molar-refractivity contribution in [1.29, 1.82) is 0 Å². The molecule has 0 aromatic heterocycles. The van der Waals surface area contributed by atoms with Crippen molar-refractivity contribution in [2.24, 2.45) is 0 Å². The molecule has 146 valence electrons. The smallest absolute Gasteiger partial charge is 0.339 e. The molecule has 0 aliphatic carbocycles. The van der Waals surface area contributed by atoms with Crippen molar-refractivity contribution in [3.63, 3.8) is 0 Å². The Morgan fingerprint density at radius 3 is 1.93 bits per heavy atom. The van der Waals surface area contributed by atoms with Crippen molar-refractivity contribution in [2.75, 3.05) is 17.8 Å². The Hall–Kier alpha value is -2.55. The van der Waals surface area contributed by atoms with Gasteiger partial charge in [-0.25, -0.2) is 8.42 Å². The first-order valence-electron chi connectivity index (χ1n) is 8.18. The van der Waals surface area contributed by atoms with E-state index in [1.807, 2.05) is 13.8 Å². The van der Waals surface area contributed by atoms with Gasteiger partial charge >= 0.3 is 6.18 Å². The van der Waals surface area contributed by atoms with Crippen molar-refractivity contribution in [1.82, 2.24) is 4.90 Å². The summed E-state index contributed by atoms with van der Waals surface area (Å²) >= 11 is 0. The van der Waals surface area contributed by atoms with Crippen molar-refractivity contribution < 1.29 is 26.4 Å². The molecule has 0 spiro atoms. The van der Waals surface area contributed by atoms with Crippen LogP contribution in [0.5, 0.6) is 0 Å². The summed E-state index contributed by atoms with van der Waals surface area (Å²) in [6, 6.07) is 9.04. The Bertz CT molecular complexity index is 889. The van der Waals surface area contributed by atoms with E-state index in [1.54, 1.807) is 4.90 Å². The number of carbonyl (C=O) groups is 1. The summed E-state index contributed by atoms with van der Waals surface area (Å²) in [6.07, 6.45) is -4.54. The fourth-order valence-corrected chi connectivity index (χ4v) is 3.47. The van der Waals surface area contributed by atoms with Crippen molar-refractivity contribution in [3.05, 3.63) is 59.7 Å². The minimum Gasteiger partial charge on any atom is -0.339 e. The number of anilines is 1. The van der Waals surface area contributed by atoms with Gasteiger partial charge in [-0.2, -0.15) is 13.2 Å². The number of amides is 1. The molecule has 2 rings (SSSR count). The van der Waals surface area contributed by atoms with E-state index in [-0.39, 0.29) is 16.5 Å². The molecule has 2 aromatic carbocycles. The summed E-state index contributed by atoms with van der Waals surface area (Å²) in [5, 5.41) is 0. The molecule has 0 heterocycles. The van der Waals surface area contributed by atoms with Crippen molar-refractivity contribution >= 4 is 21.6 Å². The van der Waals surface area contributed by atoms with Gasteiger partial charge in [0.1, 0.15) is 0 Å². The monoisotopic (exact) mass is 400 g/mol. The number of hydrogen-bond donors (Lipinski definition) is 1. The topological polar surface area (TPSA) is 66.5 Å². The van der Waals surface area contributed by atoms with Gasteiger partial charge in [-0.3, -0.25) is 9.52 Å². The summed E-state index contributed by atoms with van der Waals surface area (Å²) in [5.41, 5.74) is -0.317. The molecule has 0 unspecified atom stereocenters. The Labute approximate surface area is 155 Å². The Morgan fingerprint density at radius 2 is 1.48 bits per heavy atom. The number of halogens is 3. The van der Waals surface area contributed by atoms with Gasteiger partial charge in [-0.1, -0.05) is 0 Å². The van der Waals surface area contributed by atoms with Gasteiger partial charge in [0.25, 0.3) is 15.9 Å². The van der Waals surface area contributed by atoms with E-state index < -0.39 is 21.8 Å². The van der Waals surface area contributed by atoms with E-state index in [2.05, 4.69) is 4.72 Å². The van der Waals surface area contributed by atoms with Crippen LogP contribution < -0.4 is 4.72 Å². The third-order valence-electron chi connectivity index (χ3n) is 3.93. The van der Waals surface area contributed by atoms with E-state index in [9.17, 15) is 26.4 Å². The molecule has 27 heavy (non-hydrogen) atoms. The first-order chi connectivity index (χ1) is 12.6. The van der Waals surface area contributed by atoms with Crippen LogP contribution in [0, 0.1) is 0 Å². The van der Waals surface area contributed by atoms with Crippen LogP contribution in [-0.4, -0.2) is 32.3 Å². The van der Waals surface area contributed by atoms with Crippen LogP contribution in [-0.2, 0) is 16.2 Å². The average Bonchev–Trinajstić information content (AvgIpc) is 2.62. The summed E-state index contributed by atoms with van der Waals surface area (Å²) < 4.78 is 64.6. The lowest BCUT2D eigenvalue weighted by Gasteiger charge is -2.18. The first-order valence-corrected chi connectivity index (χ1v) is 9.66. The van der Waals surface area contributed by atoms with Crippen molar-refractivity contribution in [2.45, 2.75) is 24.9 Å². The quantitative estimate of drug-likeness (QED) is 0.797. The van der Waals surface area contributed by atoms with Gasteiger partial charge in [0.15, 0.2) is 0 Å². The zero-order valence-electron chi connectivity index (χ0n) is 14.7. The minimum atomic E-state index is -4.54. The number of rotatable bonds is 6. The van der Waals surface area contributed by atoms with Crippen LogP contribution in [0.2, 0.25) is 0 Å². The third-order valence-corrected chi connectivity index (χ3v) is 5.32. The molecule has 0 atom stereocenters. The maximum absolute atomic E-state index is 12.6. The van der Waals surface area contributed by atoms with Gasteiger partial charge < -0.3 is 4.90 Å². The molecule has 0 aliphatic rings. The lowest BCUT2D eigenvalue weighted by Crippen LogP contribution is -2.30. The normalized spacial score (nSPS) is 11.9. The molecule has 9 heteroatoms. The predicted molar refractivity (Wildman–Crippen MR) is 95.9 cm³/mol. The van der Waals surface area contributed by atoms with Crippen LogP contribution in [0.1, 0.15) is 29.8 Å². The van der Waals surface area contributed by atoms with Crippen LogP contribution in [0.15, 0.2) is 53.4 Å². The zero-order valence-corrected chi connectivity index (χ0v) is 15.6. The number of nitrogens with one attached hydrogen (secondary N) is 1. The second-order valence-electron chi connectivity index (χ2n) is 5.68. The molecular formula is C18H19F3N2O3S. The first kappa shape index (κ1) is 20.8. The Kier molecular flexibility index (Phi) is 6.15. The van der Waals surface area contributed by atoms with E-state index in [0.717, 1.165) is 12.1 Å². The van der Waals surface area contributed by atoms with Crippen molar-refractivity contribution in [3.8, 4) is 0 Å². The maximum Gasteiger partial charge on any atom is 0.416 e. The molecular weight excluding hydrogens is 381 g/mol. The lowest BCUT2D eigenvalue weighted by molar-refractivity contribution is -0.137. The number of benzene rings is 2. The van der Waals surface area contributed by atoms with Gasteiger partial charge in [0.2, 0.25) is 0 Å². The van der Waals surface area contributed by atoms with E-state index in [4.69, 9.17) is 0 Å². The molecule has 1 N–H and O–H groups in total. The molecule has 0 radical (unpaired) electrons. The maximum atomic E-state index is 12.6.